The van der Waals surface area contributed by atoms with Gasteiger partial charge in [-0.25, -0.2) is 0 Å². The van der Waals surface area contributed by atoms with Crippen LogP contribution in [0.5, 0.6) is 0 Å². The maximum Gasteiger partial charge on any atom is 0.0761 e. The summed E-state index contributed by atoms with van der Waals surface area (Å²) in [5, 5.41) is 4.99. The van der Waals surface area contributed by atoms with Gasteiger partial charge in [-0.3, -0.25) is 4.98 Å². The molecule has 1 aromatic heterocycles. The first-order valence-electron chi connectivity index (χ1n) is 5.26. The zero-order chi connectivity index (χ0) is 11.4. The van der Waals surface area contributed by atoms with Gasteiger partial charge in [-0.2, -0.15) is 0 Å². The van der Waals surface area contributed by atoms with Gasteiger partial charge in [-0.1, -0.05) is 17.7 Å². The van der Waals surface area contributed by atoms with Gasteiger partial charge < -0.3 is 11.1 Å². The molecule has 0 unspecified atom stereocenters. The zero-order valence-electron chi connectivity index (χ0n) is 8.91. The molecule has 3 N–H and O–H groups in total. The third-order valence-corrected chi connectivity index (χ3v) is 2.77. The van der Waals surface area contributed by atoms with Crippen molar-refractivity contribution in [2.75, 3.05) is 13.1 Å². The highest BCUT2D eigenvalue weighted by Crippen LogP contribution is 2.24. The summed E-state index contributed by atoms with van der Waals surface area (Å²) in [5.74, 6) is 0. The number of rotatable bonds is 4. The first-order chi connectivity index (χ1) is 7.83. The van der Waals surface area contributed by atoms with Crippen LogP contribution >= 0.6 is 11.6 Å². The number of fused-ring (bicyclic) bond motifs is 1. The topological polar surface area (TPSA) is 50.9 Å². The van der Waals surface area contributed by atoms with Gasteiger partial charge in [-0.05, 0) is 23.8 Å². The monoisotopic (exact) mass is 235 g/mol. The van der Waals surface area contributed by atoms with E-state index >= 15 is 0 Å². The first kappa shape index (κ1) is 11.3. The van der Waals surface area contributed by atoms with Crippen LogP contribution in [-0.2, 0) is 6.54 Å². The molecule has 0 bridgehead atoms. The number of nitrogens with one attached hydrogen (secondary N) is 1. The van der Waals surface area contributed by atoms with Gasteiger partial charge in [0.1, 0.15) is 0 Å². The van der Waals surface area contributed by atoms with Gasteiger partial charge in [0.15, 0.2) is 0 Å². The standard InChI is InChI=1S/C12H14ClN3/c13-11-4-3-9(8-15-7-5-14)12-10(11)2-1-6-16-12/h1-4,6,15H,5,7-8,14H2. The van der Waals surface area contributed by atoms with Crippen molar-refractivity contribution in [3.05, 3.63) is 41.0 Å². The lowest BCUT2D eigenvalue weighted by Gasteiger charge is -2.07. The molecule has 4 heteroatoms. The average Bonchev–Trinajstić information content (AvgIpc) is 2.33. The number of nitrogens with two attached hydrogens (primary N) is 1. The second-order valence-electron chi connectivity index (χ2n) is 3.57. The van der Waals surface area contributed by atoms with E-state index < -0.39 is 0 Å². The number of benzene rings is 1. The Hall–Kier alpha value is -1.16. The van der Waals surface area contributed by atoms with E-state index in [0.717, 1.165) is 34.6 Å². The van der Waals surface area contributed by atoms with Gasteiger partial charge in [0.25, 0.3) is 0 Å². The van der Waals surface area contributed by atoms with E-state index in [1.165, 1.54) is 0 Å². The maximum atomic E-state index is 6.11. The summed E-state index contributed by atoms with van der Waals surface area (Å²) in [4.78, 5) is 4.37. The average molecular weight is 236 g/mol. The van der Waals surface area contributed by atoms with Crippen molar-refractivity contribution in [2.24, 2.45) is 5.73 Å². The number of hydrogen-bond donors (Lipinski definition) is 2. The van der Waals surface area contributed by atoms with E-state index in [4.69, 9.17) is 17.3 Å². The van der Waals surface area contributed by atoms with Crippen LogP contribution in [0.4, 0.5) is 0 Å². The summed E-state index contributed by atoms with van der Waals surface area (Å²) in [5.41, 5.74) is 7.53. The molecule has 1 aromatic carbocycles. The fourth-order valence-electron chi connectivity index (χ4n) is 1.66. The van der Waals surface area contributed by atoms with Crippen LogP contribution in [0.2, 0.25) is 5.02 Å². The van der Waals surface area contributed by atoms with Crippen LogP contribution in [0.25, 0.3) is 10.9 Å². The van der Waals surface area contributed by atoms with Crippen LogP contribution in [0.3, 0.4) is 0 Å². The van der Waals surface area contributed by atoms with Crippen LogP contribution in [0.1, 0.15) is 5.56 Å². The number of nitrogens with zero attached hydrogens (tertiary/aromatic N) is 1. The Morgan fingerprint density at radius 1 is 1.31 bits per heavy atom. The number of aromatic nitrogens is 1. The lowest BCUT2D eigenvalue weighted by atomic mass is 10.1. The molecule has 84 valence electrons. The molecule has 2 rings (SSSR count). The lowest BCUT2D eigenvalue weighted by molar-refractivity contribution is 0.697. The van der Waals surface area contributed by atoms with Crippen LogP contribution in [-0.4, -0.2) is 18.1 Å². The van der Waals surface area contributed by atoms with Gasteiger partial charge >= 0.3 is 0 Å². The summed E-state index contributed by atoms with van der Waals surface area (Å²) in [6, 6.07) is 7.79. The predicted molar refractivity (Wildman–Crippen MR) is 67.5 cm³/mol. The first-order valence-corrected chi connectivity index (χ1v) is 5.63. The van der Waals surface area contributed by atoms with Crippen LogP contribution in [0.15, 0.2) is 30.5 Å². The summed E-state index contributed by atoms with van der Waals surface area (Å²) < 4.78 is 0. The third-order valence-electron chi connectivity index (χ3n) is 2.44. The Labute approximate surface area is 99.6 Å². The third kappa shape index (κ3) is 2.32. The van der Waals surface area contributed by atoms with E-state index in [1.807, 2.05) is 24.3 Å². The molecule has 0 radical (unpaired) electrons. The Morgan fingerprint density at radius 2 is 2.19 bits per heavy atom. The molecule has 0 atom stereocenters. The van der Waals surface area contributed by atoms with Gasteiger partial charge in [-0.15, -0.1) is 0 Å². The highest BCUT2D eigenvalue weighted by atomic mass is 35.5. The van der Waals surface area contributed by atoms with Crippen molar-refractivity contribution in [1.82, 2.24) is 10.3 Å². The molecule has 0 aliphatic carbocycles. The molecule has 0 amide bonds. The molecule has 16 heavy (non-hydrogen) atoms. The van der Waals surface area contributed by atoms with E-state index in [1.54, 1.807) is 6.20 Å². The van der Waals surface area contributed by atoms with Crippen molar-refractivity contribution in [3.8, 4) is 0 Å². The van der Waals surface area contributed by atoms with E-state index in [-0.39, 0.29) is 0 Å². The molecule has 1 heterocycles. The molecule has 0 saturated heterocycles. The SMILES string of the molecule is NCCNCc1ccc(Cl)c2cccnc12. The molecular formula is C12H14ClN3. The van der Waals surface area contributed by atoms with Gasteiger partial charge in [0.05, 0.1) is 5.52 Å². The second-order valence-corrected chi connectivity index (χ2v) is 3.98. The Balaban J connectivity index is 2.35. The fourth-order valence-corrected chi connectivity index (χ4v) is 1.88. The summed E-state index contributed by atoms with van der Waals surface area (Å²) >= 11 is 6.11. The largest absolute Gasteiger partial charge is 0.329 e. The molecule has 0 aliphatic heterocycles. The molecule has 0 fully saturated rings. The summed E-state index contributed by atoms with van der Waals surface area (Å²) in [6.45, 7) is 2.21. The van der Waals surface area contributed by atoms with Crippen LogP contribution in [0, 0.1) is 0 Å². The summed E-state index contributed by atoms with van der Waals surface area (Å²) in [7, 11) is 0. The minimum Gasteiger partial charge on any atom is -0.329 e. The van der Waals surface area contributed by atoms with E-state index in [9.17, 15) is 0 Å². The maximum absolute atomic E-state index is 6.11. The Morgan fingerprint density at radius 3 is 3.00 bits per heavy atom. The molecule has 2 aromatic rings. The highest BCUT2D eigenvalue weighted by Gasteiger charge is 2.04. The minimum atomic E-state index is 0.638. The molecule has 0 aliphatic rings. The fraction of sp³-hybridized carbons (Fsp3) is 0.250. The van der Waals surface area contributed by atoms with Crippen molar-refractivity contribution >= 4 is 22.5 Å². The molecule has 3 nitrogen and oxygen atoms in total. The second kappa shape index (κ2) is 5.25. The minimum absolute atomic E-state index is 0.638. The number of halogens is 1. The van der Waals surface area contributed by atoms with Gasteiger partial charge in [0.2, 0.25) is 0 Å². The smallest absolute Gasteiger partial charge is 0.0761 e. The normalized spacial score (nSPS) is 10.9. The van der Waals surface area contributed by atoms with E-state index in [0.29, 0.717) is 6.54 Å². The van der Waals surface area contributed by atoms with Crippen molar-refractivity contribution in [2.45, 2.75) is 6.54 Å². The highest BCUT2D eigenvalue weighted by molar-refractivity contribution is 6.35. The quantitative estimate of drug-likeness (QED) is 0.797. The number of hydrogen-bond acceptors (Lipinski definition) is 3. The van der Waals surface area contributed by atoms with E-state index in [2.05, 4.69) is 10.3 Å². The van der Waals surface area contributed by atoms with Crippen molar-refractivity contribution in [1.29, 1.82) is 0 Å². The van der Waals surface area contributed by atoms with Gasteiger partial charge in [0, 0.05) is 36.2 Å². The van der Waals surface area contributed by atoms with Crippen molar-refractivity contribution in [3.63, 3.8) is 0 Å². The molecule has 0 spiro atoms. The zero-order valence-corrected chi connectivity index (χ0v) is 9.67. The number of pyridine rings is 1. The lowest BCUT2D eigenvalue weighted by Crippen LogP contribution is -2.22. The molecule has 0 saturated carbocycles. The Bertz CT molecular complexity index is 485. The van der Waals surface area contributed by atoms with Crippen LogP contribution < -0.4 is 11.1 Å². The predicted octanol–water partition coefficient (Wildman–Crippen LogP) is 1.94. The summed E-state index contributed by atoms with van der Waals surface area (Å²) in [6.07, 6.45) is 1.78. The Kier molecular flexibility index (Phi) is 3.72. The molecular weight excluding hydrogens is 222 g/mol. The van der Waals surface area contributed by atoms with Crippen molar-refractivity contribution < 1.29 is 0 Å².